The molecule has 1 aromatic carbocycles. The molecule has 3 unspecified atom stereocenters. The van der Waals surface area contributed by atoms with Gasteiger partial charge in [0.15, 0.2) is 9.84 Å². The Morgan fingerprint density at radius 3 is 2.64 bits per heavy atom. The number of thioether (sulfide) groups is 1. The first-order valence-electron chi connectivity index (χ1n) is 13.3. The maximum absolute atomic E-state index is 13.6. The molecule has 2 aliphatic rings. The van der Waals surface area contributed by atoms with E-state index in [2.05, 4.69) is 21.3 Å². The molecule has 1 aromatic rings. The van der Waals surface area contributed by atoms with Crippen LogP contribution in [0.15, 0.2) is 41.1 Å². The number of carbonyl (C=O) groups excluding carboxylic acids is 3. The number of sulfone groups is 1. The molecule has 216 valence electrons. The van der Waals surface area contributed by atoms with Gasteiger partial charge in [-0.1, -0.05) is 12.5 Å². The maximum Gasteiger partial charge on any atom is 0.315 e. The maximum atomic E-state index is 13.6. The molecule has 10 nitrogen and oxygen atoms in total. The van der Waals surface area contributed by atoms with Gasteiger partial charge in [0.2, 0.25) is 5.91 Å². The molecule has 6 N–H and O–H groups in total. The highest BCUT2D eigenvalue weighted by Gasteiger charge is 2.42. The van der Waals surface area contributed by atoms with Crippen LogP contribution in [0.25, 0.3) is 0 Å². The van der Waals surface area contributed by atoms with Crippen molar-refractivity contribution in [1.82, 2.24) is 21.3 Å². The Kier molecular flexibility index (Phi) is 12.1. The fraction of sp³-hybridized carbons (Fsp3) is 0.577. The first-order chi connectivity index (χ1) is 18.7. The predicted octanol–water partition coefficient (Wildman–Crippen LogP) is 2.01. The highest BCUT2D eigenvalue weighted by molar-refractivity contribution is 8.00. The number of amides is 4. The number of benzene rings is 1. The summed E-state index contributed by atoms with van der Waals surface area (Å²) >= 11 is 1.88. The second-order valence-electron chi connectivity index (χ2n) is 9.71. The number of carbonyl (C=O) groups is 3. The topological polar surface area (TPSA) is 159 Å². The Balaban J connectivity index is 1.23. The molecule has 0 aliphatic carbocycles. The van der Waals surface area contributed by atoms with Crippen molar-refractivity contribution in [3.05, 3.63) is 41.7 Å². The number of nitrogens with one attached hydrogen (secondary N) is 4. The van der Waals surface area contributed by atoms with Crippen LogP contribution in [-0.2, 0) is 14.6 Å². The van der Waals surface area contributed by atoms with Gasteiger partial charge in [-0.2, -0.15) is 11.8 Å². The minimum absolute atomic E-state index is 0.0318. The molecule has 3 atom stereocenters. The summed E-state index contributed by atoms with van der Waals surface area (Å²) in [5, 5.41) is 12.0. The monoisotopic (exact) mass is 583 g/mol. The van der Waals surface area contributed by atoms with E-state index in [-0.39, 0.29) is 41.0 Å². The zero-order valence-corrected chi connectivity index (χ0v) is 23.6. The van der Waals surface area contributed by atoms with Crippen LogP contribution in [0.2, 0.25) is 0 Å². The summed E-state index contributed by atoms with van der Waals surface area (Å²) < 4.78 is 38.4. The average molecular weight is 584 g/mol. The molecule has 0 spiro atoms. The van der Waals surface area contributed by atoms with Crippen molar-refractivity contribution in [2.24, 2.45) is 5.73 Å². The van der Waals surface area contributed by atoms with Crippen molar-refractivity contribution < 1.29 is 27.2 Å². The van der Waals surface area contributed by atoms with Crippen LogP contribution >= 0.6 is 11.8 Å². The van der Waals surface area contributed by atoms with E-state index in [4.69, 9.17) is 5.73 Å². The van der Waals surface area contributed by atoms with E-state index < -0.39 is 27.3 Å². The van der Waals surface area contributed by atoms with Crippen LogP contribution in [0.5, 0.6) is 0 Å². The van der Waals surface area contributed by atoms with Gasteiger partial charge in [0, 0.05) is 42.6 Å². The van der Waals surface area contributed by atoms with Crippen LogP contribution in [-0.4, -0.2) is 74.7 Å². The molecule has 0 saturated carbocycles. The van der Waals surface area contributed by atoms with Gasteiger partial charge in [-0.15, -0.1) is 0 Å². The fourth-order valence-corrected chi connectivity index (χ4v) is 7.39. The molecule has 0 aromatic heterocycles. The molecule has 2 fully saturated rings. The zero-order chi connectivity index (χ0) is 28.3. The largest absolute Gasteiger partial charge is 0.356 e. The van der Waals surface area contributed by atoms with Gasteiger partial charge in [0.05, 0.1) is 17.0 Å². The molecule has 2 aliphatic heterocycles. The Labute approximate surface area is 233 Å². The van der Waals surface area contributed by atoms with Crippen LogP contribution in [0.3, 0.4) is 0 Å². The summed E-state index contributed by atoms with van der Waals surface area (Å²) in [5.41, 5.74) is 5.39. The molecule has 13 heteroatoms. The molecule has 0 radical (unpaired) electrons. The van der Waals surface area contributed by atoms with Crippen LogP contribution in [0.4, 0.5) is 9.18 Å². The van der Waals surface area contributed by atoms with Gasteiger partial charge in [-0.05, 0) is 56.4 Å². The minimum Gasteiger partial charge on any atom is -0.356 e. The lowest BCUT2D eigenvalue weighted by Crippen LogP contribution is -2.36. The Morgan fingerprint density at radius 1 is 1.10 bits per heavy atom. The summed E-state index contributed by atoms with van der Waals surface area (Å²) in [6.07, 6.45) is 6.53. The molecule has 2 heterocycles. The summed E-state index contributed by atoms with van der Waals surface area (Å²) in [6, 6.07) is 5.86. The zero-order valence-electron chi connectivity index (χ0n) is 21.9. The second kappa shape index (κ2) is 15.2. The van der Waals surface area contributed by atoms with E-state index in [1.807, 2.05) is 11.8 Å². The van der Waals surface area contributed by atoms with E-state index in [0.29, 0.717) is 31.2 Å². The number of rotatable bonds is 16. The van der Waals surface area contributed by atoms with Gasteiger partial charge in [-0.25, -0.2) is 17.6 Å². The van der Waals surface area contributed by atoms with Crippen molar-refractivity contribution in [2.75, 3.05) is 31.1 Å². The molecule has 0 bridgehead atoms. The Morgan fingerprint density at radius 2 is 1.87 bits per heavy atom. The molecule has 2 saturated heterocycles. The van der Waals surface area contributed by atoms with Crippen molar-refractivity contribution in [3.8, 4) is 0 Å². The predicted molar refractivity (Wildman–Crippen MR) is 150 cm³/mol. The van der Waals surface area contributed by atoms with Gasteiger partial charge >= 0.3 is 6.03 Å². The summed E-state index contributed by atoms with van der Waals surface area (Å²) in [4.78, 5) is 35.8. The second-order valence-corrected chi connectivity index (χ2v) is 13.0. The van der Waals surface area contributed by atoms with Crippen molar-refractivity contribution in [2.45, 2.75) is 67.2 Å². The van der Waals surface area contributed by atoms with Gasteiger partial charge < -0.3 is 27.0 Å². The number of hydrogen-bond acceptors (Lipinski definition) is 7. The number of fused-ring (bicyclic) bond motifs is 1. The average Bonchev–Trinajstić information content (AvgIpc) is 3.45. The van der Waals surface area contributed by atoms with Crippen molar-refractivity contribution >= 4 is 39.4 Å². The number of halogens is 1. The lowest BCUT2D eigenvalue weighted by atomic mass is 10.0. The van der Waals surface area contributed by atoms with Crippen molar-refractivity contribution in [3.63, 3.8) is 0 Å². The van der Waals surface area contributed by atoms with E-state index in [1.165, 1.54) is 24.3 Å². The van der Waals surface area contributed by atoms with E-state index in [1.54, 1.807) is 0 Å². The van der Waals surface area contributed by atoms with Crippen molar-refractivity contribution in [1.29, 1.82) is 0 Å². The quantitative estimate of drug-likeness (QED) is 0.147. The highest BCUT2D eigenvalue weighted by atomic mass is 32.2. The molecule has 3 rings (SSSR count). The third kappa shape index (κ3) is 9.80. The highest BCUT2D eigenvalue weighted by Crippen LogP contribution is 2.33. The van der Waals surface area contributed by atoms with E-state index >= 15 is 0 Å². The van der Waals surface area contributed by atoms with E-state index in [9.17, 15) is 27.2 Å². The fourth-order valence-electron chi connectivity index (χ4n) is 4.60. The Hall–Kier alpha value is -2.64. The summed E-state index contributed by atoms with van der Waals surface area (Å²) in [7, 11) is -3.93. The Bertz CT molecular complexity index is 1150. The third-order valence-corrected chi connectivity index (χ3v) is 9.80. The molecule has 39 heavy (non-hydrogen) atoms. The number of hydrogen-bond donors (Lipinski definition) is 5. The molecule has 4 amide bonds. The summed E-state index contributed by atoms with van der Waals surface area (Å²) in [6.45, 7) is 0.884. The minimum atomic E-state index is -3.93. The normalized spacial score (nSPS) is 20.7. The standard InChI is InChI=1S/C26H38FN5O5S2/c27-19(11-12-28)17-39(36,37)20-8-6-7-18(15-20)25(34)30-14-5-1-4-13-29-23(33)10-3-2-9-22-24-21(16-38-22)31-26(35)32-24/h6-8,11,15,21-22,24H,1-5,9-10,12-14,16-17,28H2,(H,29,33)(H,30,34)(H2,31,32,35)/b19-11-. The lowest BCUT2D eigenvalue weighted by molar-refractivity contribution is -0.121. The molecular formula is C26H38FN5O5S2. The summed E-state index contributed by atoms with van der Waals surface area (Å²) in [5.74, 6) is -1.07. The van der Waals surface area contributed by atoms with E-state index in [0.717, 1.165) is 43.9 Å². The first-order valence-corrected chi connectivity index (χ1v) is 16.0. The SMILES string of the molecule is NC/C=C(\F)CS(=O)(=O)c1cccc(C(=O)NCCCCCNC(=O)CCCCC2SCC3NC(=O)NC32)c1. The lowest BCUT2D eigenvalue weighted by Gasteiger charge is -2.16. The van der Waals surface area contributed by atoms with Crippen LogP contribution < -0.4 is 27.0 Å². The first kappa shape index (κ1) is 30.9. The number of nitrogens with two attached hydrogens (primary N) is 1. The molecular weight excluding hydrogens is 545 g/mol. The smallest absolute Gasteiger partial charge is 0.315 e. The number of unbranched alkanes of at least 4 members (excludes halogenated alkanes) is 3. The van der Waals surface area contributed by atoms with Gasteiger partial charge in [0.25, 0.3) is 5.91 Å². The van der Waals surface area contributed by atoms with Crippen LogP contribution in [0.1, 0.15) is 55.3 Å². The van der Waals surface area contributed by atoms with Gasteiger partial charge in [-0.3, -0.25) is 9.59 Å². The van der Waals surface area contributed by atoms with Crippen LogP contribution in [0, 0.1) is 0 Å². The number of urea groups is 1. The van der Waals surface area contributed by atoms with Gasteiger partial charge in [0.1, 0.15) is 11.6 Å². The third-order valence-electron chi connectivity index (χ3n) is 6.66.